The van der Waals surface area contributed by atoms with Crippen LogP contribution >= 0.6 is 22.6 Å². The Labute approximate surface area is 112 Å². The highest BCUT2D eigenvalue weighted by Crippen LogP contribution is 2.11. The molecule has 2 aromatic rings. The van der Waals surface area contributed by atoms with E-state index in [-0.39, 0.29) is 5.56 Å². The molecule has 0 aliphatic rings. The summed E-state index contributed by atoms with van der Waals surface area (Å²) in [5.41, 5.74) is 1.02. The predicted molar refractivity (Wildman–Crippen MR) is 73.3 cm³/mol. The van der Waals surface area contributed by atoms with Gasteiger partial charge in [0.2, 0.25) is 0 Å². The van der Waals surface area contributed by atoms with Crippen LogP contribution in [0.1, 0.15) is 5.56 Å². The number of nitrogens with zero attached hydrogens (tertiary/aromatic N) is 2. The van der Waals surface area contributed by atoms with Crippen LogP contribution in [-0.4, -0.2) is 16.7 Å². The quantitative estimate of drug-likeness (QED) is 0.801. The highest BCUT2D eigenvalue weighted by atomic mass is 127. The van der Waals surface area contributed by atoms with E-state index in [1.807, 2.05) is 46.9 Å². The van der Waals surface area contributed by atoms with E-state index in [9.17, 15) is 4.79 Å². The lowest BCUT2D eigenvalue weighted by Gasteiger charge is -2.06. The second-order valence-electron chi connectivity index (χ2n) is 3.52. The zero-order chi connectivity index (χ0) is 12.3. The summed E-state index contributed by atoms with van der Waals surface area (Å²) in [5.74, 6) is 0.807. The van der Waals surface area contributed by atoms with Crippen molar-refractivity contribution in [2.75, 3.05) is 7.11 Å². The van der Waals surface area contributed by atoms with Crippen LogP contribution < -0.4 is 10.3 Å². The Balaban J connectivity index is 2.25. The number of methoxy groups -OCH3 is 1. The molecule has 1 heterocycles. The van der Waals surface area contributed by atoms with Crippen molar-refractivity contribution in [2.24, 2.45) is 0 Å². The minimum atomic E-state index is -0.0172. The molecule has 5 heteroatoms. The van der Waals surface area contributed by atoms with E-state index < -0.39 is 0 Å². The lowest BCUT2D eigenvalue weighted by Crippen LogP contribution is -2.22. The molecule has 0 unspecified atom stereocenters. The van der Waals surface area contributed by atoms with Gasteiger partial charge < -0.3 is 4.74 Å². The molecular weight excluding hydrogens is 331 g/mol. The number of rotatable bonds is 3. The molecule has 0 N–H and O–H groups in total. The first-order valence-corrected chi connectivity index (χ1v) is 6.11. The maximum Gasteiger partial charge on any atom is 0.267 e. The standard InChI is InChI=1S/C12H11IN2O2/c1-17-10-4-2-9(3-5-10)7-15-8-14-6-11(13)12(15)16/h2-6,8H,7H2,1H3. The maximum absolute atomic E-state index is 11.8. The largest absolute Gasteiger partial charge is 0.497 e. The first-order valence-electron chi connectivity index (χ1n) is 5.03. The zero-order valence-corrected chi connectivity index (χ0v) is 11.4. The van der Waals surface area contributed by atoms with Crippen LogP contribution in [-0.2, 0) is 6.54 Å². The van der Waals surface area contributed by atoms with Crippen LogP contribution in [0.3, 0.4) is 0 Å². The van der Waals surface area contributed by atoms with Gasteiger partial charge in [0.1, 0.15) is 5.75 Å². The molecule has 0 aliphatic heterocycles. The number of hydrogen-bond donors (Lipinski definition) is 0. The van der Waals surface area contributed by atoms with E-state index >= 15 is 0 Å². The topological polar surface area (TPSA) is 44.1 Å². The first-order chi connectivity index (χ1) is 8.20. The van der Waals surface area contributed by atoms with Crippen molar-refractivity contribution in [1.29, 1.82) is 0 Å². The van der Waals surface area contributed by atoms with E-state index in [4.69, 9.17) is 4.74 Å². The monoisotopic (exact) mass is 342 g/mol. The Bertz CT molecular complexity index is 563. The number of ether oxygens (including phenoxy) is 1. The fraction of sp³-hybridized carbons (Fsp3) is 0.167. The number of hydrogen-bond acceptors (Lipinski definition) is 3. The third-order valence-electron chi connectivity index (χ3n) is 2.37. The minimum absolute atomic E-state index is 0.0172. The predicted octanol–water partition coefficient (Wildman–Crippen LogP) is 1.90. The maximum atomic E-state index is 11.8. The van der Waals surface area contributed by atoms with Crippen LogP contribution in [0, 0.1) is 3.57 Å². The highest BCUT2D eigenvalue weighted by molar-refractivity contribution is 14.1. The van der Waals surface area contributed by atoms with Crippen molar-refractivity contribution >= 4 is 22.6 Å². The van der Waals surface area contributed by atoms with Crippen LogP contribution in [0.2, 0.25) is 0 Å². The number of halogens is 1. The van der Waals surface area contributed by atoms with Gasteiger partial charge in [-0.2, -0.15) is 0 Å². The lowest BCUT2D eigenvalue weighted by molar-refractivity contribution is 0.414. The molecule has 17 heavy (non-hydrogen) atoms. The first kappa shape index (κ1) is 12.1. The summed E-state index contributed by atoms with van der Waals surface area (Å²) >= 11 is 1.99. The summed E-state index contributed by atoms with van der Waals surface area (Å²) < 4.78 is 7.29. The van der Waals surface area contributed by atoms with Gasteiger partial charge in [-0.3, -0.25) is 9.36 Å². The molecule has 0 aliphatic carbocycles. The smallest absolute Gasteiger partial charge is 0.267 e. The Morgan fingerprint density at radius 1 is 1.35 bits per heavy atom. The fourth-order valence-corrected chi connectivity index (χ4v) is 1.94. The number of benzene rings is 1. The van der Waals surface area contributed by atoms with Crippen molar-refractivity contribution in [1.82, 2.24) is 9.55 Å². The molecule has 4 nitrogen and oxygen atoms in total. The molecule has 0 fully saturated rings. The van der Waals surface area contributed by atoms with Gasteiger partial charge in [-0.25, -0.2) is 4.98 Å². The summed E-state index contributed by atoms with van der Waals surface area (Å²) in [6.07, 6.45) is 3.11. The molecule has 0 atom stereocenters. The highest BCUT2D eigenvalue weighted by Gasteiger charge is 2.02. The van der Waals surface area contributed by atoms with Crippen LogP contribution in [0.25, 0.3) is 0 Å². The van der Waals surface area contributed by atoms with Gasteiger partial charge in [0.05, 0.1) is 23.6 Å². The molecule has 1 aromatic heterocycles. The Hall–Kier alpha value is -1.37. The molecule has 0 saturated carbocycles. The number of aromatic nitrogens is 2. The van der Waals surface area contributed by atoms with E-state index in [1.165, 1.54) is 0 Å². The van der Waals surface area contributed by atoms with E-state index in [0.717, 1.165) is 11.3 Å². The Kier molecular flexibility index (Phi) is 3.78. The van der Waals surface area contributed by atoms with Crippen molar-refractivity contribution in [3.05, 3.63) is 56.3 Å². The molecule has 1 aromatic carbocycles. The lowest BCUT2D eigenvalue weighted by atomic mass is 10.2. The molecule has 88 valence electrons. The second kappa shape index (κ2) is 5.31. The summed E-state index contributed by atoms with van der Waals surface area (Å²) in [7, 11) is 1.63. The van der Waals surface area contributed by atoms with Gasteiger partial charge in [0.15, 0.2) is 0 Å². The molecule has 0 bridgehead atoms. The van der Waals surface area contributed by atoms with Gasteiger partial charge in [-0.15, -0.1) is 0 Å². The van der Waals surface area contributed by atoms with Crippen molar-refractivity contribution in [3.63, 3.8) is 0 Å². The average Bonchev–Trinajstić information content (AvgIpc) is 2.36. The minimum Gasteiger partial charge on any atom is -0.497 e. The molecule has 0 spiro atoms. The molecule has 0 radical (unpaired) electrons. The van der Waals surface area contributed by atoms with Crippen LogP contribution in [0.15, 0.2) is 41.6 Å². The molecule has 2 rings (SSSR count). The SMILES string of the molecule is COc1ccc(Cn2cncc(I)c2=O)cc1. The van der Waals surface area contributed by atoms with Crippen LogP contribution in [0.4, 0.5) is 0 Å². The fourth-order valence-electron chi connectivity index (χ4n) is 1.46. The second-order valence-corrected chi connectivity index (χ2v) is 4.68. The van der Waals surface area contributed by atoms with Crippen molar-refractivity contribution < 1.29 is 4.74 Å². The average molecular weight is 342 g/mol. The van der Waals surface area contributed by atoms with E-state index in [1.54, 1.807) is 24.2 Å². The van der Waals surface area contributed by atoms with Gasteiger partial charge in [0.25, 0.3) is 5.56 Å². The Morgan fingerprint density at radius 2 is 2.06 bits per heavy atom. The van der Waals surface area contributed by atoms with E-state index in [2.05, 4.69) is 4.98 Å². The normalized spacial score (nSPS) is 10.2. The molecular formula is C12H11IN2O2. The van der Waals surface area contributed by atoms with Crippen molar-refractivity contribution in [3.8, 4) is 5.75 Å². The van der Waals surface area contributed by atoms with Gasteiger partial charge in [-0.05, 0) is 40.3 Å². The van der Waals surface area contributed by atoms with Gasteiger partial charge in [0, 0.05) is 6.20 Å². The van der Waals surface area contributed by atoms with Crippen LogP contribution in [0.5, 0.6) is 5.75 Å². The summed E-state index contributed by atoms with van der Waals surface area (Å²) in [6, 6.07) is 7.62. The summed E-state index contributed by atoms with van der Waals surface area (Å²) in [6.45, 7) is 0.521. The third-order valence-corrected chi connectivity index (χ3v) is 3.11. The summed E-state index contributed by atoms with van der Waals surface area (Å²) in [5, 5.41) is 0. The molecule has 0 saturated heterocycles. The van der Waals surface area contributed by atoms with Gasteiger partial charge in [-0.1, -0.05) is 12.1 Å². The van der Waals surface area contributed by atoms with Crippen molar-refractivity contribution in [2.45, 2.75) is 6.54 Å². The summed E-state index contributed by atoms with van der Waals surface area (Å²) in [4.78, 5) is 15.8. The molecule has 0 amide bonds. The zero-order valence-electron chi connectivity index (χ0n) is 9.26. The van der Waals surface area contributed by atoms with E-state index in [0.29, 0.717) is 10.1 Å². The Morgan fingerprint density at radius 3 is 2.71 bits per heavy atom. The van der Waals surface area contributed by atoms with Gasteiger partial charge >= 0.3 is 0 Å². The third kappa shape index (κ3) is 2.85.